The highest BCUT2D eigenvalue weighted by atomic mass is 16.2. The third-order valence-electron chi connectivity index (χ3n) is 9.11. The average Bonchev–Trinajstić information content (AvgIpc) is 3.24. The van der Waals surface area contributed by atoms with E-state index in [1.54, 1.807) is 4.90 Å². The van der Waals surface area contributed by atoms with Crippen molar-refractivity contribution in [1.29, 1.82) is 0 Å². The minimum Gasteiger partial charge on any atom is -0.350 e. The molecule has 0 bridgehead atoms. The smallest absolute Gasteiger partial charge is 0.322 e. The molecule has 2 heterocycles. The number of nitrogens with two attached hydrogens (primary N) is 1. The molecule has 3 aromatic rings. The molecule has 0 unspecified atom stereocenters. The molecule has 3 aromatic carbocycles. The van der Waals surface area contributed by atoms with Gasteiger partial charge in [-0.25, -0.2) is 9.59 Å². The topological polar surface area (TPSA) is 120 Å². The second-order valence-corrected chi connectivity index (χ2v) is 12.0. The van der Waals surface area contributed by atoms with Crippen molar-refractivity contribution in [3.05, 3.63) is 100 Å². The normalized spacial score (nSPS) is 15.9. The summed E-state index contributed by atoms with van der Waals surface area (Å²) in [5.74, 6) is -0.227. The van der Waals surface area contributed by atoms with Crippen molar-refractivity contribution in [3.8, 4) is 0 Å². The van der Waals surface area contributed by atoms with E-state index in [0.29, 0.717) is 52.0 Å². The summed E-state index contributed by atoms with van der Waals surface area (Å²) >= 11 is 0. The fourth-order valence-electron chi connectivity index (χ4n) is 6.46. The molecule has 1 atom stereocenters. The molecule has 5 amide bonds. The largest absolute Gasteiger partial charge is 0.350 e. The van der Waals surface area contributed by atoms with Gasteiger partial charge in [-0.2, -0.15) is 0 Å². The highest BCUT2D eigenvalue weighted by Gasteiger charge is 2.32. The summed E-state index contributed by atoms with van der Waals surface area (Å²) in [6, 6.07) is 21.1. The van der Waals surface area contributed by atoms with Crippen LogP contribution in [0.4, 0.5) is 15.3 Å². The predicted molar refractivity (Wildman–Crippen MR) is 178 cm³/mol. The van der Waals surface area contributed by atoms with Crippen molar-refractivity contribution in [2.24, 2.45) is 5.73 Å². The zero-order valence-corrected chi connectivity index (χ0v) is 26.5. The number of hydrogen-bond donors (Lipinski definition) is 4. The van der Waals surface area contributed by atoms with Crippen LogP contribution in [0.25, 0.3) is 0 Å². The van der Waals surface area contributed by atoms with Gasteiger partial charge < -0.3 is 31.5 Å². The lowest BCUT2D eigenvalue weighted by Crippen LogP contribution is -2.55. The molecule has 9 heteroatoms. The number of hydrogen-bond acceptors (Lipinski definition) is 4. The number of para-hydroxylation sites is 1. The summed E-state index contributed by atoms with van der Waals surface area (Å²) in [4.78, 5) is 43.9. The number of likely N-dealkylation sites (tertiary alicyclic amines) is 1. The number of nitrogens with zero attached hydrogens (tertiary/aromatic N) is 2. The number of piperidine rings is 1. The summed E-state index contributed by atoms with van der Waals surface area (Å²) in [7, 11) is 0. The third-order valence-corrected chi connectivity index (χ3v) is 9.11. The van der Waals surface area contributed by atoms with Crippen molar-refractivity contribution >= 4 is 23.7 Å². The molecule has 238 valence electrons. The zero-order chi connectivity index (χ0) is 31.8. The van der Waals surface area contributed by atoms with E-state index < -0.39 is 6.04 Å². The predicted octanol–water partition coefficient (Wildman–Crippen LogP) is 4.76. The van der Waals surface area contributed by atoms with Crippen LogP contribution in [0.2, 0.25) is 0 Å². The fourth-order valence-corrected chi connectivity index (χ4v) is 6.46. The Hall–Kier alpha value is -4.37. The van der Waals surface area contributed by atoms with Crippen molar-refractivity contribution < 1.29 is 14.4 Å². The van der Waals surface area contributed by atoms with Gasteiger partial charge in [0.1, 0.15) is 6.04 Å². The zero-order valence-electron chi connectivity index (χ0n) is 26.5. The number of carbonyl (C=O) groups excluding carboxylic acids is 3. The van der Waals surface area contributed by atoms with Crippen LogP contribution in [0, 0.1) is 0 Å². The molecule has 0 saturated carbocycles. The first-order valence-corrected chi connectivity index (χ1v) is 16.3. The van der Waals surface area contributed by atoms with E-state index in [-0.39, 0.29) is 24.0 Å². The molecule has 45 heavy (non-hydrogen) atoms. The lowest BCUT2D eigenvalue weighted by molar-refractivity contribution is -0.123. The van der Waals surface area contributed by atoms with Crippen LogP contribution < -0.4 is 21.7 Å². The number of amides is 5. The maximum absolute atomic E-state index is 13.6. The molecule has 5 rings (SSSR count). The fraction of sp³-hybridized carbons (Fsp3) is 0.417. The minimum atomic E-state index is -0.736. The molecule has 9 nitrogen and oxygen atoms in total. The van der Waals surface area contributed by atoms with Gasteiger partial charge in [-0.1, -0.05) is 74.5 Å². The Morgan fingerprint density at radius 2 is 1.67 bits per heavy atom. The number of aryl methyl sites for hydroxylation is 2. The van der Waals surface area contributed by atoms with E-state index in [1.807, 2.05) is 47.4 Å². The van der Waals surface area contributed by atoms with Gasteiger partial charge in [0.15, 0.2) is 0 Å². The molecule has 0 aromatic heterocycles. The highest BCUT2D eigenvalue weighted by Crippen LogP contribution is 2.25. The van der Waals surface area contributed by atoms with E-state index in [4.69, 9.17) is 5.73 Å². The monoisotopic (exact) mass is 610 g/mol. The molecule has 0 aliphatic carbocycles. The van der Waals surface area contributed by atoms with Gasteiger partial charge in [-0.15, -0.1) is 0 Å². The number of nitrogens with one attached hydrogen (secondary N) is 3. The van der Waals surface area contributed by atoms with Crippen LogP contribution in [0.3, 0.4) is 0 Å². The van der Waals surface area contributed by atoms with E-state index in [0.717, 1.165) is 47.2 Å². The lowest BCUT2D eigenvalue weighted by atomic mass is 9.96. The van der Waals surface area contributed by atoms with Gasteiger partial charge in [0.2, 0.25) is 5.91 Å². The molecule has 2 aliphatic rings. The van der Waals surface area contributed by atoms with E-state index in [2.05, 4.69) is 54.1 Å². The molecule has 2 aliphatic heterocycles. The van der Waals surface area contributed by atoms with Crippen molar-refractivity contribution in [1.82, 2.24) is 20.4 Å². The summed E-state index contributed by atoms with van der Waals surface area (Å²) in [5, 5.41) is 9.14. The van der Waals surface area contributed by atoms with Crippen LogP contribution in [-0.4, -0.2) is 59.5 Å². The number of fused-ring (bicyclic) bond motifs is 1. The Bertz CT molecular complexity index is 1500. The Balaban J connectivity index is 1.23. The van der Waals surface area contributed by atoms with Crippen LogP contribution in [-0.2, 0) is 43.6 Å². The van der Waals surface area contributed by atoms with Crippen molar-refractivity contribution in [2.75, 3.05) is 25.0 Å². The van der Waals surface area contributed by atoms with Crippen LogP contribution in [0.5, 0.6) is 0 Å². The maximum Gasteiger partial charge on any atom is 0.322 e. The van der Waals surface area contributed by atoms with Crippen LogP contribution in [0.1, 0.15) is 60.1 Å². The molecule has 1 fully saturated rings. The summed E-state index contributed by atoms with van der Waals surface area (Å²) < 4.78 is 0. The summed E-state index contributed by atoms with van der Waals surface area (Å²) in [6.45, 7) is 6.73. The van der Waals surface area contributed by atoms with Crippen molar-refractivity contribution in [2.45, 2.75) is 77.5 Å². The molecule has 5 N–H and O–H groups in total. The van der Waals surface area contributed by atoms with Gasteiger partial charge in [0, 0.05) is 50.9 Å². The molecule has 0 spiro atoms. The third kappa shape index (κ3) is 8.02. The Morgan fingerprint density at radius 1 is 0.911 bits per heavy atom. The Kier molecular flexibility index (Phi) is 10.7. The first kappa shape index (κ1) is 32.0. The number of urea groups is 2. The lowest BCUT2D eigenvalue weighted by Gasteiger charge is -2.38. The van der Waals surface area contributed by atoms with Crippen LogP contribution >= 0.6 is 0 Å². The Labute approximate surface area is 266 Å². The van der Waals surface area contributed by atoms with E-state index in [1.165, 1.54) is 11.1 Å². The molecular weight excluding hydrogens is 564 g/mol. The molecular formula is C36H46N6O3. The average molecular weight is 611 g/mol. The first-order valence-electron chi connectivity index (χ1n) is 16.3. The quantitative estimate of drug-likeness (QED) is 0.265. The van der Waals surface area contributed by atoms with E-state index in [9.17, 15) is 14.4 Å². The van der Waals surface area contributed by atoms with Gasteiger partial charge in [0.25, 0.3) is 0 Å². The van der Waals surface area contributed by atoms with Crippen molar-refractivity contribution in [3.63, 3.8) is 0 Å². The second kappa shape index (κ2) is 15.1. The summed E-state index contributed by atoms with van der Waals surface area (Å²) in [5.41, 5.74) is 13.3. The maximum atomic E-state index is 13.6. The van der Waals surface area contributed by atoms with E-state index >= 15 is 0 Å². The number of benzene rings is 3. The van der Waals surface area contributed by atoms with Crippen LogP contribution in [0.15, 0.2) is 66.7 Å². The number of carbonyl (C=O) groups is 3. The van der Waals surface area contributed by atoms with Gasteiger partial charge in [-0.3, -0.25) is 4.79 Å². The minimum absolute atomic E-state index is 0.0521. The molecule has 1 saturated heterocycles. The Morgan fingerprint density at radius 3 is 2.42 bits per heavy atom. The number of rotatable bonds is 10. The first-order chi connectivity index (χ1) is 21.9. The van der Waals surface area contributed by atoms with Gasteiger partial charge >= 0.3 is 12.1 Å². The summed E-state index contributed by atoms with van der Waals surface area (Å²) in [6.07, 6.45) is 4.42. The van der Waals surface area contributed by atoms with Gasteiger partial charge in [-0.05, 0) is 71.6 Å². The standard InChI is InChI=1S/C36H46N6O3/c1-3-28-13-12-25(21-29(28)4-2)22-33(34(43)38-24-27-9-7-8-26(20-27)23-37)40-35(44)41-17-15-31(16-18-41)42-19-14-30-10-5-6-11-32(30)39-36(42)45/h5-13,20-21,31,33H,3-4,14-19,22-24,37H2,1-2H3,(H,38,43)(H,39,45)(H,40,44)/t33-/m1/s1. The second-order valence-electron chi connectivity index (χ2n) is 12.0. The number of anilines is 1. The molecule has 0 radical (unpaired) electrons. The highest BCUT2D eigenvalue weighted by molar-refractivity contribution is 5.91. The van der Waals surface area contributed by atoms with Gasteiger partial charge in [0.05, 0.1) is 0 Å². The SMILES string of the molecule is CCc1ccc(C[C@@H](NC(=O)N2CCC(N3CCc4ccccc4NC3=O)CC2)C(=O)NCc2cccc(CN)c2)cc1CC.